The highest BCUT2D eigenvalue weighted by Gasteiger charge is 2.22. The van der Waals surface area contributed by atoms with Gasteiger partial charge >= 0.3 is 0 Å². The van der Waals surface area contributed by atoms with Crippen molar-refractivity contribution in [3.63, 3.8) is 0 Å². The lowest BCUT2D eigenvalue weighted by Crippen LogP contribution is -2.15. The first-order chi connectivity index (χ1) is 10.6. The number of carbonyl (C=O) groups excluding carboxylic acids is 1. The van der Waals surface area contributed by atoms with Gasteiger partial charge in [-0.25, -0.2) is 13.1 Å². The number of amides is 1. The molecular weight excluding hydrogens is 452 g/mol. The van der Waals surface area contributed by atoms with E-state index in [0.717, 1.165) is 10.9 Å². The molecule has 0 unspecified atom stereocenters. The van der Waals surface area contributed by atoms with Crippen LogP contribution in [0, 0.1) is 0 Å². The standard InChI is InChI=1S/C12H9BrCl3N3O3S/c1-23(21,22)5-19-11(16)9(13)10(18-19)12(20)17-8-3-2-6(14)4-7(8)15/h2-4H,5H2,1H3,(H,17,20). The number of aromatic nitrogens is 2. The monoisotopic (exact) mass is 459 g/mol. The van der Waals surface area contributed by atoms with E-state index in [4.69, 9.17) is 34.8 Å². The molecule has 0 aliphatic heterocycles. The zero-order chi connectivity index (χ0) is 17.4. The van der Waals surface area contributed by atoms with Crippen LogP contribution < -0.4 is 5.32 Å². The summed E-state index contributed by atoms with van der Waals surface area (Å²) in [5, 5.41) is 7.15. The molecule has 0 bridgehead atoms. The second kappa shape index (κ2) is 6.98. The summed E-state index contributed by atoms with van der Waals surface area (Å²) in [6.07, 6.45) is 1.03. The predicted molar refractivity (Wildman–Crippen MR) is 94.2 cm³/mol. The summed E-state index contributed by atoms with van der Waals surface area (Å²) in [5.74, 6) is -1.05. The van der Waals surface area contributed by atoms with Gasteiger partial charge in [0.25, 0.3) is 5.91 Å². The normalized spacial score (nSPS) is 11.5. The van der Waals surface area contributed by atoms with Gasteiger partial charge in [0.1, 0.15) is 11.0 Å². The Morgan fingerprint density at radius 3 is 2.57 bits per heavy atom. The molecule has 0 fully saturated rings. The van der Waals surface area contributed by atoms with Gasteiger partial charge in [0, 0.05) is 11.3 Å². The summed E-state index contributed by atoms with van der Waals surface area (Å²) in [4.78, 5) is 12.3. The van der Waals surface area contributed by atoms with Crippen LogP contribution in [-0.2, 0) is 15.7 Å². The first-order valence-corrected chi connectivity index (χ1v) is 9.93. The number of sulfone groups is 1. The van der Waals surface area contributed by atoms with Gasteiger partial charge in [0.05, 0.1) is 15.2 Å². The highest BCUT2D eigenvalue weighted by molar-refractivity contribution is 9.10. The number of nitrogens with zero attached hydrogens (tertiary/aromatic N) is 2. The predicted octanol–water partition coefficient (Wildman–Crippen LogP) is 3.86. The number of nitrogens with one attached hydrogen (secondary N) is 1. The van der Waals surface area contributed by atoms with E-state index in [9.17, 15) is 13.2 Å². The largest absolute Gasteiger partial charge is 0.319 e. The number of hydrogen-bond donors (Lipinski definition) is 1. The Morgan fingerprint density at radius 1 is 1.35 bits per heavy atom. The quantitative estimate of drug-likeness (QED) is 0.750. The lowest BCUT2D eigenvalue weighted by Gasteiger charge is -2.06. The van der Waals surface area contributed by atoms with Gasteiger partial charge in [-0.1, -0.05) is 34.8 Å². The minimum Gasteiger partial charge on any atom is -0.319 e. The summed E-state index contributed by atoms with van der Waals surface area (Å²) < 4.78 is 23.9. The molecule has 2 rings (SSSR count). The van der Waals surface area contributed by atoms with Crippen molar-refractivity contribution in [3.8, 4) is 0 Å². The smallest absolute Gasteiger partial charge is 0.277 e. The maximum atomic E-state index is 12.3. The summed E-state index contributed by atoms with van der Waals surface area (Å²) >= 11 is 20.9. The molecule has 0 aliphatic rings. The fourth-order valence-electron chi connectivity index (χ4n) is 1.64. The Bertz CT molecular complexity index is 883. The first-order valence-electron chi connectivity index (χ1n) is 5.94. The highest BCUT2D eigenvalue weighted by atomic mass is 79.9. The van der Waals surface area contributed by atoms with E-state index in [1.165, 1.54) is 12.1 Å². The van der Waals surface area contributed by atoms with E-state index >= 15 is 0 Å². The third-order valence-corrected chi connectivity index (χ3v) is 5.21. The van der Waals surface area contributed by atoms with Gasteiger partial charge in [-0.2, -0.15) is 5.10 Å². The maximum Gasteiger partial charge on any atom is 0.277 e. The molecule has 2 aromatic rings. The van der Waals surface area contributed by atoms with E-state index in [0.29, 0.717) is 10.7 Å². The second-order valence-corrected chi connectivity index (χ2v) is 8.69. The molecule has 0 radical (unpaired) electrons. The Balaban J connectivity index is 2.31. The fourth-order valence-corrected chi connectivity index (χ4v) is 3.45. The molecule has 1 aromatic carbocycles. The van der Waals surface area contributed by atoms with Crippen molar-refractivity contribution in [1.29, 1.82) is 0 Å². The van der Waals surface area contributed by atoms with Gasteiger partial charge in [0.15, 0.2) is 15.5 Å². The van der Waals surface area contributed by atoms with Crippen molar-refractivity contribution >= 4 is 72.2 Å². The molecule has 1 aromatic heterocycles. The van der Waals surface area contributed by atoms with E-state index in [1.54, 1.807) is 6.07 Å². The summed E-state index contributed by atoms with van der Waals surface area (Å²) in [6, 6.07) is 4.57. The van der Waals surface area contributed by atoms with E-state index in [1.807, 2.05) is 0 Å². The Hall–Kier alpha value is -0.800. The number of benzene rings is 1. The van der Waals surface area contributed by atoms with Crippen molar-refractivity contribution in [3.05, 3.63) is 43.6 Å². The number of carbonyl (C=O) groups is 1. The third kappa shape index (κ3) is 4.60. The minimum atomic E-state index is -3.37. The molecule has 1 amide bonds. The lowest BCUT2D eigenvalue weighted by molar-refractivity contribution is 0.102. The van der Waals surface area contributed by atoms with E-state index in [2.05, 4.69) is 26.3 Å². The van der Waals surface area contributed by atoms with Crippen LogP contribution >= 0.6 is 50.7 Å². The van der Waals surface area contributed by atoms with Crippen molar-refractivity contribution < 1.29 is 13.2 Å². The number of rotatable bonds is 4. The summed E-state index contributed by atoms with van der Waals surface area (Å²) in [7, 11) is -3.37. The average molecular weight is 462 g/mol. The Kier molecular flexibility index (Phi) is 5.63. The molecule has 23 heavy (non-hydrogen) atoms. The van der Waals surface area contributed by atoms with Crippen molar-refractivity contribution in [2.75, 3.05) is 11.6 Å². The van der Waals surface area contributed by atoms with E-state index in [-0.39, 0.29) is 20.3 Å². The second-order valence-electron chi connectivity index (χ2n) is 4.59. The molecular formula is C12H9BrCl3N3O3S. The summed E-state index contributed by atoms with van der Waals surface area (Å²) in [6.45, 7) is 0. The molecule has 11 heteroatoms. The van der Waals surface area contributed by atoms with Crippen molar-refractivity contribution in [1.82, 2.24) is 9.78 Å². The number of halogens is 4. The van der Waals surface area contributed by atoms with Crippen LogP contribution in [0.4, 0.5) is 5.69 Å². The lowest BCUT2D eigenvalue weighted by atomic mass is 10.3. The maximum absolute atomic E-state index is 12.3. The molecule has 1 heterocycles. The zero-order valence-electron chi connectivity index (χ0n) is 11.5. The van der Waals surface area contributed by atoms with Gasteiger partial charge in [-0.15, -0.1) is 0 Å². The SMILES string of the molecule is CS(=O)(=O)Cn1nc(C(=O)Nc2ccc(Cl)cc2Cl)c(Br)c1Cl. The first kappa shape index (κ1) is 18.5. The molecule has 6 nitrogen and oxygen atoms in total. The van der Waals surface area contributed by atoms with Crippen LogP contribution in [0.5, 0.6) is 0 Å². The van der Waals surface area contributed by atoms with Crippen LogP contribution in [0.1, 0.15) is 10.5 Å². The molecule has 0 atom stereocenters. The van der Waals surface area contributed by atoms with Crippen LogP contribution in [0.25, 0.3) is 0 Å². The fraction of sp³-hybridized carbons (Fsp3) is 0.167. The van der Waals surface area contributed by atoms with Gasteiger partial charge in [0.2, 0.25) is 0 Å². The van der Waals surface area contributed by atoms with Crippen molar-refractivity contribution in [2.45, 2.75) is 5.88 Å². The molecule has 0 saturated carbocycles. The van der Waals surface area contributed by atoms with Crippen molar-refractivity contribution in [2.24, 2.45) is 0 Å². The van der Waals surface area contributed by atoms with Crippen LogP contribution in [0.2, 0.25) is 15.2 Å². The molecule has 124 valence electrons. The minimum absolute atomic E-state index is 0.00257. The Labute approximate surface area is 155 Å². The van der Waals surface area contributed by atoms with Gasteiger partial charge in [-0.3, -0.25) is 4.79 Å². The molecule has 0 saturated heterocycles. The van der Waals surface area contributed by atoms with E-state index < -0.39 is 21.6 Å². The summed E-state index contributed by atoms with van der Waals surface area (Å²) in [5.41, 5.74) is 0.270. The highest BCUT2D eigenvalue weighted by Crippen LogP contribution is 2.29. The molecule has 0 aliphatic carbocycles. The third-order valence-electron chi connectivity index (χ3n) is 2.59. The van der Waals surface area contributed by atoms with Gasteiger partial charge < -0.3 is 5.32 Å². The topological polar surface area (TPSA) is 81.1 Å². The molecule has 1 N–H and O–H groups in total. The van der Waals surface area contributed by atoms with Crippen LogP contribution in [-0.4, -0.2) is 30.4 Å². The van der Waals surface area contributed by atoms with Crippen LogP contribution in [0.15, 0.2) is 22.7 Å². The number of anilines is 1. The van der Waals surface area contributed by atoms with Gasteiger partial charge in [-0.05, 0) is 34.1 Å². The van der Waals surface area contributed by atoms with Crippen LogP contribution in [0.3, 0.4) is 0 Å². The zero-order valence-corrected chi connectivity index (χ0v) is 16.1. The Morgan fingerprint density at radius 2 is 2.00 bits per heavy atom. The molecule has 0 spiro atoms. The average Bonchev–Trinajstić information content (AvgIpc) is 2.68. The number of hydrogen-bond acceptors (Lipinski definition) is 4.